The minimum absolute atomic E-state index is 0.237. The predicted molar refractivity (Wildman–Crippen MR) is 176 cm³/mol. The van der Waals surface area contributed by atoms with Gasteiger partial charge in [0.25, 0.3) is 0 Å². The number of ketones is 1. The van der Waals surface area contributed by atoms with E-state index in [-0.39, 0.29) is 35.5 Å². The highest BCUT2D eigenvalue weighted by Crippen LogP contribution is 2.31. The van der Waals surface area contributed by atoms with Crippen molar-refractivity contribution in [2.45, 2.75) is 96.0 Å². The van der Waals surface area contributed by atoms with E-state index >= 15 is 0 Å². The van der Waals surface area contributed by atoms with Gasteiger partial charge in [-0.25, -0.2) is 4.79 Å². The molecule has 1 unspecified atom stereocenters. The second-order valence-electron chi connectivity index (χ2n) is 11.9. The fourth-order valence-electron chi connectivity index (χ4n) is 5.55. The molecule has 1 saturated carbocycles. The first-order valence-electron chi connectivity index (χ1n) is 16.5. The summed E-state index contributed by atoms with van der Waals surface area (Å²) < 4.78 is 16.3. The van der Waals surface area contributed by atoms with Gasteiger partial charge in [0.1, 0.15) is 17.6 Å². The maximum absolute atomic E-state index is 12.8. The van der Waals surface area contributed by atoms with Crippen LogP contribution in [0.1, 0.15) is 88.2 Å². The van der Waals surface area contributed by atoms with Crippen molar-refractivity contribution in [1.82, 2.24) is 0 Å². The molecule has 1 fully saturated rings. The van der Waals surface area contributed by atoms with Gasteiger partial charge in [-0.05, 0) is 106 Å². The molecule has 1 aliphatic carbocycles. The molecule has 0 aromatic heterocycles. The van der Waals surface area contributed by atoms with Crippen molar-refractivity contribution < 1.29 is 38.5 Å². The Morgan fingerprint density at radius 3 is 1.59 bits per heavy atom. The number of hydrogen-bond donors (Lipinski definition) is 1. The van der Waals surface area contributed by atoms with E-state index in [1.807, 2.05) is 36.4 Å². The predicted octanol–water partition coefficient (Wildman–Crippen LogP) is 7.06. The number of esters is 3. The van der Waals surface area contributed by atoms with Crippen molar-refractivity contribution in [2.75, 3.05) is 6.61 Å². The molecule has 2 aromatic rings. The minimum atomic E-state index is -0.957. The van der Waals surface area contributed by atoms with E-state index in [4.69, 9.17) is 14.2 Å². The molecule has 1 atom stereocenters. The lowest BCUT2D eigenvalue weighted by molar-refractivity contribution is -0.145. The molecule has 8 heteroatoms. The molecule has 0 aliphatic heterocycles. The Morgan fingerprint density at radius 1 is 0.674 bits per heavy atom. The van der Waals surface area contributed by atoms with Gasteiger partial charge in [-0.1, -0.05) is 63.1 Å². The molecule has 8 nitrogen and oxygen atoms in total. The number of aryl methyl sites for hydroxylation is 2. The third-order valence-electron chi connectivity index (χ3n) is 8.42. The molecule has 1 aliphatic rings. The summed E-state index contributed by atoms with van der Waals surface area (Å²) in [7, 11) is 0. The zero-order valence-corrected chi connectivity index (χ0v) is 26.8. The Kier molecular flexibility index (Phi) is 16.0. The number of unbranched alkanes of at least 4 members (excludes halogenated alkanes) is 5. The van der Waals surface area contributed by atoms with Gasteiger partial charge in [0.15, 0.2) is 5.78 Å². The minimum Gasteiger partial charge on any atom is -0.463 e. The fourth-order valence-corrected chi connectivity index (χ4v) is 5.55. The quantitative estimate of drug-likeness (QED) is 0.0714. The first kappa shape index (κ1) is 36.4. The molecule has 2 aromatic carbocycles. The molecule has 3 rings (SSSR count). The maximum atomic E-state index is 12.8. The van der Waals surface area contributed by atoms with Gasteiger partial charge in [-0.3, -0.25) is 14.4 Å². The van der Waals surface area contributed by atoms with E-state index in [2.05, 4.69) is 13.2 Å². The topological polar surface area (TPSA) is 116 Å². The van der Waals surface area contributed by atoms with Crippen LogP contribution < -0.4 is 9.47 Å². The summed E-state index contributed by atoms with van der Waals surface area (Å²) in [4.78, 5) is 48.0. The van der Waals surface area contributed by atoms with Gasteiger partial charge in [0.05, 0.1) is 18.4 Å². The molecule has 0 amide bonds. The van der Waals surface area contributed by atoms with Gasteiger partial charge in [0.2, 0.25) is 0 Å². The third kappa shape index (κ3) is 13.1. The van der Waals surface area contributed by atoms with Gasteiger partial charge >= 0.3 is 17.9 Å². The summed E-state index contributed by atoms with van der Waals surface area (Å²) in [6.45, 7) is 7.19. The Labute approximate surface area is 272 Å². The Morgan fingerprint density at radius 2 is 1.13 bits per heavy atom. The van der Waals surface area contributed by atoms with Crippen LogP contribution in [0.4, 0.5) is 0 Å². The number of rotatable bonds is 20. The van der Waals surface area contributed by atoms with E-state index in [1.54, 1.807) is 12.1 Å². The summed E-state index contributed by atoms with van der Waals surface area (Å²) in [5.74, 6) is -0.674. The lowest BCUT2D eigenvalue weighted by atomic mass is 9.82. The number of aliphatic hydroxyl groups excluding tert-OH is 1. The zero-order valence-electron chi connectivity index (χ0n) is 26.8. The lowest BCUT2D eigenvalue weighted by Crippen LogP contribution is -2.30. The van der Waals surface area contributed by atoms with Crippen molar-refractivity contribution in [2.24, 2.45) is 11.8 Å². The molecule has 0 radical (unpaired) electrons. The number of carbonyl (C=O) groups is 4. The van der Waals surface area contributed by atoms with Crippen LogP contribution in [0.25, 0.3) is 0 Å². The highest BCUT2D eigenvalue weighted by molar-refractivity contribution is 5.92. The van der Waals surface area contributed by atoms with Gasteiger partial charge < -0.3 is 19.3 Å². The number of hydrogen-bond acceptors (Lipinski definition) is 8. The molecule has 46 heavy (non-hydrogen) atoms. The molecular formula is C38H48O8. The average Bonchev–Trinajstić information content (AvgIpc) is 3.08. The summed E-state index contributed by atoms with van der Waals surface area (Å²) in [6.07, 6.45) is 12.5. The summed E-state index contributed by atoms with van der Waals surface area (Å²) >= 11 is 0. The normalized spacial score (nSPS) is 16.5. The van der Waals surface area contributed by atoms with Crippen LogP contribution >= 0.6 is 0 Å². The van der Waals surface area contributed by atoms with Crippen LogP contribution in [0.3, 0.4) is 0 Å². The van der Waals surface area contributed by atoms with E-state index < -0.39 is 6.10 Å². The summed E-state index contributed by atoms with van der Waals surface area (Å²) in [5.41, 5.74) is 2.31. The summed E-state index contributed by atoms with van der Waals surface area (Å²) in [5, 5.41) is 9.69. The monoisotopic (exact) mass is 632 g/mol. The van der Waals surface area contributed by atoms with Gasteiger partial charge in [-0.15, -0.1) is 0 Å². The Bertz CT molecular complexity index is 1270. The van der Waals surface area contributed by atoms with Crippen molar-refractivity contribution in [1.29, 1.82) is 0 Å². The first-order valence-corrected chi connectivity index (χ1v) is 16.5. The van der Waals surface area contributed by atoms with Crippen LogP contribution in [0, 0.1) is 11.8 Å². The lowest BCUT2D eigenvalue weighted by Gasteiger charge is -2.25. The summed E-state index contributed by atoms with van der Waals surface area (Å²) in [6, 6.07) is 15.1. The van der Waals surface area contributed by atoms with Crippen LogP contribution in [-0.2, 0) is 36.8 Å². The highest BCUT2D eigenvalue weighted by atomic mass is 16.5. The van der Waals surface area contributed by atoms with E-state index in [1.165, 1.54) is 11.6 Å². The zero-order chi connectivity index (χ0) is 33.1. The molecular weight excluding hydrogens is 584 g/mol. The SMILES string of the molecule is C=CC(=O)OCCCCCCc1ccc(OC(=O)C2CCC(C(=O)Oc3ccc(CCCCCC(O)C(=O)C=C)cc3)CC2)cc1. The number of benzene rings is 2. The van der Waals surface area contributed by atoms with Crippen LogP contribution in [0.15, 0.2) is 73.8 Å². The standard InChI is InChI=1S/C38H48O8/c1-3-34(39)35(40)14-10-7-9-13-29-17-25-33(26-18-29)46-38(43)31-21-19-30(20-22-31)37(42)45-32-23-15-28(16-24-32)12-8-5-6-11-27-44-36(41)4-2/h3-4,15-18,23-26,30-31,35,40H,1-2,5-14,19-22,27H2. The number of ether oxygens (including phenoxy) is 3. The smallest absolute Gasteiger partial charge is 0.330 e. The molecule has 1 N–H and O–H groups in total. The van der Waals surface area contributed by atoms with Crippen LogP contribution in [0.2, 0.25) is 0 Å². The molecule has 0 bridgehead atoms. The van der Waals surface area contributed by atoms with Crippen molar-refractivity contribution in [3.05, 3.63) is 85.0 Å². The molecule has 0 saturated heterocycles. The van der Waals surface area contributed by atoms with Crippen molar-refractivity contribution >= 4 is 23.7 Å². The van der Waals surface area contributed by atoms with Crippen LogP contribution in [0.5, 0.6) is 11.5 Å². The van der Waals surface area contributed by atoms with E-state index in [0.29, 0.717) is 50.2 Å². The van der Waals surface area contributed by atoms with E-state index in [0.717, 1.165) is 69.4 Å². The Balaban J connectivity index is 1.29. The Hall–Kier alpha value is -4.04. The first-order chi connectivity index (χ1) is 22.3. The maximum Gasteiger partial charge on any atom is 0.330 e. The molecule has 0 heterocycles. The third-order valence-corrected chi connectivity index (χ3v) is 8.42. The second kappa shape index (κ2) is 20.2. The highest BCUT2D eigenvalue weighted by Gasteiger charge is 2.32. The second-order valence-corrected chi connectivity index (χ2v) is 11.9. The number of carbonyl (C=O) groups excluding carboxylic acids is 4. The van der Waals surface area contributed by atoms with Gasteiger partial charge in [-0.2, -0.15) is 0 Å². The van der Waals surface area contributed by atoms with Crippen LogP contribution in [-0.4, -0.2) is 41.5 Å². The van der Waals surface area contributed by atoms with E-state index in [9.17, 15) is 24.3 Å². The largest absolute Gasteiger partial charge is 0.463 e. The molecule has 0 spiro atoms. The van der Waals surface area contributed by atoms with Crippen molar-refractivity contribution in [3.63, 3.8) is 0 Å². The van der Waals surface area contributed by atoms with Crippen molar-refractivity contribution in [3.8, 4) is 11.5 Å². The fraction of sp³-hybridized carbons (Fsp3) is 0.474. The number of aliphatic hydroxyl groups is 1. The van der Waals surface area contributed by atoms with Gasteiger partial charge in [0, 0.05) is 6.08 Å². The molecule has 248 valence electrons. The average molecular weight is 633 g/mol.